The Bertz CT molecular complexity index is 505. The molecular formula is C10H9F2N3. The first-order valence-electron chi connectivity index (χ1n) is 4.34. The molecule has 0 saturated heterocycles. The number of nitrogens with zero attached hydrogens (tertiary/aromatic N) is 2. The van der Waals surface area contributed by atoms with Gasteiger partial charge in [0.1, 0.15) is 5.69 Å². The smallest absolute Gasteiger partial charge is 0.186 e. The highest BCUT2D eigenvalue weighted by Crippen LogP contribution is 2.22. The Morgan fingerprint density at radius 2 is 2.07 bits per heavy atom. The van der Waals surface area contributed by atoms with E-state index in [1.807, 2.05) is 0 Å². The number of benzene rings is 1. The third-order valence-corrected chi connectivity index (χ3v) is 2.04. The summed E-state index contributed by atoms with van der Waals surface area (Å²) in [4.78, 5) is 0. The van der Waals surface area contributed by atoms with Gasteiger partial charge in [0.05, 0.1) is 11.9 Å². The van der Waals surface area contributed by atoms with Gasteiger partial charge in [-0.1, -0.05) is 0 Å². The Morgan fingerprint density at radius 1 is 1.33 bits per heavy atom. The molecule has 0 radical (unpaired) electrons. The van der Waals surface area contributed by atoms with Gasteiger partial charge in [0.15, 0.2) is 11.6 Å². The third kappa shape index (κ3) is 1.56. The molecule has 0 atom stereocenters. The molecule has 0 aliphatic heterocycles. The second kappa shape index (κ2) is 3.34. The van der Waals surface area contributed by atoms with Crippen molar-refractivity contribution in [1.29, 1.82) is 0 Å². The van der Waals surface area contributed by atoms with Crippen molar-refractivity contribution in [2.45, 2.75) is 6.92 Å². The number of hydrogen-bond donors (Lipinski definition) is 1. The van der Waals surface area contributed by atoms with E-state index in [0.29, 0.717) is 0 Å². The van der Waals surface area contributed by atoms with E-state index < -0.39 is 11.6 Å². The zero-order chi connectivity index (χ0) is 11.0. The van der Waals surface area contributed by atoms with Crippen molar-refractivity contribution in [2.75, 3.05) is 5.73 Å². The van der Waals surface area contributed by atoms with Gasteiger partial charge in [-0.2, -0.15) is 5.10 Å². The van der Waals surface area contributed by atoms with Crippen LogP contribution >= 0.6 is 0 Å². The molecule has 1 heterocycles. The molecule has 5 heteroatoms. The Balaban J connectivity index is 2.66. The van der Waals surface area contributed by atoms with Crippen LogP contribution in [-0.2, 0) is 0 Å². The number of rotatable bonds is 1. The first-order valence-corrected chi connectivity index (χ1v) is 4.34. The predicted molar refractivity (Wildman–Crippen MR) is 52.6 cm³/mol. The van der Waals surface area contributed by atoms with Gasteiger partial charge >= 0.3 is 0 Å². The molecule has 0 spiro atoms. The number of nitrogens with two attached hydrogens (primary N) is 1. The Labute approximate surface area is 85.1 Å². The van der Waals surface area contributed by atoms with Gasteiger partial charge in [-0.25, -0.2) is 13.5 Å². The van der Waals surface area contributed by atoms with Crippen molar-refractivity contribution in [1.82, 2.24) is 9.78 Å². The number of anilines is 1. The highest BCUT2D eigenvalue weighted by Gasteiger charge is 2.14. The van der Waals surface area contributed by atoms with Crippen molar-refractivity contribution in [2.24, 2.45) is 0 Å². The quantitative estimate of drug-likeness (QED) is 0.730. The van der Waals surface area contributed by atoms with E-state index in [1.54, 1.807) is 19.3 Å². The molecule has 2 rings (SSSR count). The fourth-order valence-electron chi connectivity index (χ4n) is 1.32. The molecule has 0 saturated carbocycles. The minimum atomic E-state index is -0.988. The lowest BCUT2D eigenvalue weighted by Gasteiger charge is -2.07. The lowest BCUT2D eigenvalue weighted by molar-refractivity contribution is 0.502. The van der Waals surface area contributed by atoms with E-state index in [2.05, 4.69) is 5.10 Å². The first-order chi connectivity index (χ1) is 7.09. The zero-order valence-electron chi connectivity index (χ0n) is 8.04. The summed E-state index contributed by atoms with van der Waals surface area (Å²) in [6.45, 7) is 1.80. The minimum absolute atomic E-state index is 0.0527. The Hall–Kier alpha value is -1.91. The SMILES string of the molecule is Cc1cnn(-c2c(N)ccc(F)c2F)c1. The van der Waals surface area contributed by atoms with Crippen LogP contribution in [0.25, 0.3) is 5.69 Å². The number of aromatic nitrogens is 2. The van der Waals surface area contributed by atoms with Gasteiger partial charge in [0, 0.05) is 6.20 Å². The van der Waals surface area contributed by atoms with Gasteiger partial charge in [0.25, 0.3) is 0 Å². The average molecular weight is 209 g/mol. The molecule has 0 bridgehead atoms. The fourth-order valence-corrected chi connectivity index (χ4v) is 1.32. The third-order valence-electron chi connectivity index (χ3n) is 2.04. The molecule has 1 aromatic carbocycles. The summed E-state index contributed by atoms with van der Waals surface area (Å²) in [6, 6.07) is 2.30. The Kier molecular flexibility index (Phi) is 2.15. The van der Waals surface area contributed by atoms with Crippen molar-refractivity contribution in [3.05, 3.63) is 41.7 Å². The van der Waals surface area contributed by atoms with Gasteiger partial charge in [0.2, 0.25) is 0 Å². The Morgan fingerprint density at radius 3 is 2.67 bits per heavy atom. The summed E-state index contributed by atoms with van der Waals surface area (Å²) in [5.41, 5.74) is 6.51. The maximum atomic E-state index is 13.4. The van der Waals surface area contributed by atoms with Crippen LogP contribution in [-0.4, -0.2) is 9.78 Å². The highest BCUT2D eigenvalue weighted by atomic mass is 19.2. The van der Waals surface area contributed by atoms with E-state index in [-0.39, 0.29) is 11.4 Å². The lowest BCUT2D eigenvalue weighted by atomic mass is 10.2. The zero-order valence-corrected chi connectivity index (χ0v) is 8.04. The largest absolute Gasteiger partial charge is 0.397 e. The standard InChI is InChI=1S/C10H9F2N3/c1-6-4-14-15(5-6)10-8(13)3-2-7(11)9(10)12/h2-5H,13H2,1H3. The molecule has 15 heavy (non-hydrogen) atoms. The molecule has 0 aliphatic rings. The monoisotopic (exact) mass is 209 g/mol. The highest BCUT2D eigenvalue weighted by molar-refractivity contribution is 5.58. The number of nitrogen functional groups attached to an aromatic ring is 1. The maximum Gasteiger partial charge on any atom is 0.186 e. The van der Waals surface area contributed by atoms with Gasteiger partial charge in [-0.15, -0.1) is 0 Å². The number of hydrogen-bond acceptors (Lipinski definition) is 2. The molecule has 1 aromatic heterocycles. The van der Waals surface area contributed by atoms with Crippen LogP contribution in [0, 0.1) is 18.6 Å². The van der Waals surface area contributed by atoms with Crippen LogP contribution in [0.4, 0.5) is 14.5 Å². The van der Waals surface area contributed by atoms with Gasteiger partial charge in [-0.3, -0.25) is 0 Å². The average Bonchev–Trinajstić information content (AvgIpc) is 2.59. The van der Waals surface area contributed by atoms with E-state index in [1.165, 1.54) is 10.7 Å². The summed E-state index contributed by atoms with van der Waals surface area (Å²) in [6.07, 6.45) is 3.12. The summed E-state index contributed by atoms with van der Waals surface area (Å²) in [5.74, 6) is -1.93. The molecule has 2 aromatic rings. The van der Waals surface area contributed by atoms with Crippen molar-refractivity contribution >= 4 is 5.69 Å². The molecule has 0 amide bonds. The van der Waals surface area contributed by atoms with Crippen LogP contribution in [0.3, 0.4) is 0 Å². The second-order valence-electron chi connectivity index (χ2n) is 3.26. The van der Waals surface area contributed by atoms with Crippen LogP contribution in [0.5, 0.6) is 0 Å². The van der Waals surface area contributed by atoms with Gasteiger partial charge < -0.3 is 5.73 Å². The number of aryl methyl sites for hydroxylation is 1. The number of halogens is 2. The lowest BCUT2D eigenvalue weighted by Crippen LogP contribution is -2.05. The van der Waals surface area contributed by atoms with Crippen molar-refractivity contribution < 1.29 is 8.78 Å². The molecule has 2 N–H and O–H groups in total. The molecule has 0 fully saturated rings. The summed E-state index contributed by atoms with van der Waals surface area (Å²) in [5, 5.41) is 3.88. The van der Waals surface area contributed by atoms with Crippen LogP contribution in [0.15, 0.2) is 24.5 Å². The topological polar surface area (TPSA) is 43.8 Å². The molecular weight excluding hydrogens is 200 g/mol. The van der Waals surface area contributed by atoms with Crippen LogP contribution in [0.1, 0.15) is 5.56 Å². The maximum absolute atomic E-state index is 13.4. The van der Waals surface area contributed by atoms with E-state index in [0.717, 1.165) is 11.6 Å². The first kappa shape index (κ1) is 9.64. The minimum Gasteiger partial charge on any atom is -0.397 e. The normalized spacial score (nSPS) is 10.6. The van der Waals surface area contributed by atoms with Crippen molar-refractivity contribution in [3.63, 3.8) is 0 Å². The van der Waals surface area contributed by atoms with E-state index in [9.17, 15) is 8.78 Å². The molecule has 78 valence electrons. The summed E-state index contributed by atoms with van der Waals surface area (Å²) < 4.78 is 27.6. The fraction of sp³-hybridized carbons (Fsp3) is 0.100. The second-order valence-corrected chi connectivity index (χ2v) is 3.26. The predicted octanol–water partition coefficient (Wildman–Crippen LogP) is 2.04. The summed E-state index contributed by atoms with van der Waals surface area (Å²) >= 11 is 0. The van der Waals surface area contributed by atoms with E-state index >= 15 is 0 Å². The van der Waals surface area contributed by atoms with Gasteiger partial charge in [-0.05, 0) is 24.6 Å². The van der Waals surface area contributed by atoms with Crippen LogP contribution in [0.2, 0.25) is 0 Å². The van der Waals surface area contributed by atoms with Crippen LogP contribution < -0.4 is 5.73 Å². The van der Waals surface area contributed by atoms with E-state index in [4.69, 9.17) is 5.73 Å². The van der Waals surface area contributed by atoms with Crippen molar-refractivity contribution in [3.8, 4) is 5.69 Å². The summed E-state index contributed by atoms with van der Waals surface area (Å²) in [7, 11) is 0. The molecule has 3 nitrogen and oxygen atoms in total. The molecule has 0 aliphatic carbocycles. The molecule has 0 unspecified atom stereocenters.